The Bertz CT molecular complexity index is 767. The van der Waals surface area contributed by atoms with Crippen LogP contribution in [0, 0.1) is 0 Å². The average molecular weight is 401 g/mol. The van der Waals surface area contributed by atoms with Crippen LogP contribution in [0.3, 0.4) is 0 Å². The van der Waals surface area contributed by atoms with E-state index in [9.17, 15) is 4.79 Å². The standard InChI is InChI=1S/C19H20Cl3NO2/c1-11(25-13-7-5-12(6-8-13)19(2,3)4)18(24)23-17-10-15(21)14(20)9-16(17)22/h5-11H,1-4H3,(H,23,24). The summed E-state index contributed by atoms with van der Waals surface area (Å²) in [7, 11) is 0. The van der Waals surface area contributed by atoms with Gasteiger partial charge in [-0.05, 0) is 42.2 Å². The molecule has 0 heterocycles. The highest BCUT2D eigenvalue weighted by molar-refractivity contribution is 6.44. The summed E-state index contributed by atoms with van der Waals surface area (Å²) in [6.45, 7) is 8.08. The number of ether oxygens (including phenoxy) is 1. The number of amides is 1. The predicted octanol–water partition coefficient (Wildman–Crippen LogP) is 6.35. The van der Waals surface area contributed by atoms with Crippen LogP contribution in [0.25, 0.3) is 0 Å². The third-order valence-electron chi connectivity index (χ3n) is 3.67. The maximum atomic E-state index is 12.3. The molecule has 0 aliphatic rings. The minimum Gasteiger partial charge on any atom is -0.481 e. The number of carbonyl (C=O) groups excluding carboxylic acids is 1. The van der Waals surface area contributed by atoms with Gasteiger partial charge in [0.25, 0.3) is 5.91 Å². The Labute approximate surface area is 163 Å². The molecular weight excluding hydrogens is 381 g/mol. The Morgan fingerprint density at radius 3 is 2.12 bits per heavy atom. The van der Waals surface area contributed by atoms with Gasteiger partial charge in [0.2, 0.25) is 0 Å². The second-order valence-electron chi connectivity index (χ2n) is 6.77. The van der Waals surface area contributed by atoms with E-state index in [-0.39, 0.29) is 11.3 Å². The van der Waals surface area contributed by atoms with Crippen LogP contribution < -0.4 is 10.1 Å². The SMILES string of the molecule is CC(Oc1ccc(C(C)(C)C)cc1)C(=O)Nc1cc(Cl)c(Cl)cc1Cl. The fourth-order valence-corrected chi connectivity index (χ4v) is 2.74. The quantitative estimate of drug-likeness (QED) is 0.607. The molecule has 2 aromatic rings. The van der Waals surface area contributed by atoms with Gasteiger partial charge in [0, 0.05) is 0 Å². The molecule has 0 spiro atoms. The van der Waals surface area contributed by atoms with E-state index >= 15 is 0 Å². The van der Waals surface area contributed by atoms with Crippen molar-refractivity contribution in [2.24, 2.45) is 0 Å². The molecule has 0 fully saturated rings. The van der Waals surface area contributed by atoms with Gasteiger partial charge in [0.05, 0.1) is 20.8 Å². The summed E-state index contributed by atoms with van der Waals surface area (Å²) in [5.41, 5.74) is 1.64. The van der Waals surface area contributed by atoms with Gasteiger partial charge in [-0.25, -0.2) is 0 Å². The van der Waals surface area contributed by atoms with Crippen molar-refractivity contribution in [2.75, 3.05) is 5.32 Å². The van der Waals surface area contributed by atoms with Gasteiger partial charge in [-0.3, -0.25) is 4.79 Å². The molecule has 0 aliphatic heterocycles. The van der Waals surface area contributed by atoms with E-state index in [1.165, 1.54) is 17.7 Å². The summed E-state index contributed by atoms with van der Waals surface area (Å²) in [5, 5.41) is 3.64. The topological polar surface area (TPSA) is 38.3 Å². The summed E-state index contributed by atoms with van der Waals surface area (Å²) < 4.78 is 5.70. The summed E-state index contributed by atoms with van der Waals surface area (Å²) in [4.78, 5) is 12.3. The summed E-state index contributed by atoms with van der Waals surface area (Å²) in [6, 6.07) is 10.7. The summed E-state index contributed by atoms with van der Waals surface area (Å²) in [5.74, 6) is 0.288. The van der Waals surface area contributed by atoms with Crippen LogP contribution in [0.1, 0.15) is 33.3 Å². The predicted molar refractivity (Wildman–Crippen MR) is 105 cm³/mol. The Morgan fingerprint density at radius 2 is 1.56 bits per heavy atom. The normalized spacial score (nSPS) is 12.6. The average Bonchev–Trinajstić information content (AvgIpc) is 2.52. The van der Waals surface area contributed by atoms with Gasteiger partial charge in [-0.15, -0.1) is 0 Å². The number of anilines is 1. The lowest BCUT2D eigenvalue weighted by atomic mass is 9.87. The lowest BCUT2D eigenvalue weighted by molar-refractivity contribution is -0.122. The Balaban J connectivity index is 2.04. The molecule has 6 heteroatoms. The van der Waals surface area contributed by atoms with Crippen LogP contribution in [-0.2, 0) is 10.2 Å². The Hall–Kier alpha value is -1.42. The number of nitrogens with one attached hydrogen (secondary N) is 1. The molecule has 1 unspecified atom stereocenters. The minimum atomic E-state index is -0.703. The zero-order valence-corrected chi connectivity index (χ0v) is 16.8. The second-order valence-corrected chi connectivity index (χ2v) is 7.99. The highest BCUT2D eigenvalue weighted by atomic mass is 35.5. The molecule has 1 N–H and O–H groups in total. The first kappa shape index (κ1) is 19.9. The van der Waals surface area contributed by atoms with Crippen LogP contribution in [0.4, 0.5) is 5.69 Å². The van der Waals surface area contributed by atoms with Crippen LogP contribution in [0.2, 0.25) is 15.1 Å². The number of halogens is 3. The van der Waals surface area contributed by atoms with E-state index in [0.29, 0.717) is 26.5 Å². The van der Waals surface area contributed by atoms with Crippen molar-refractivity contribution in [1.29, 1.82) is 0 Å². The molecule has 134 valence electrons. The molecule has 1 atom stereocenters. The van der Waals surface area contributed by atoms with Gasteiger partial charge in [0.1, 0.15) is 5.75 Å². The number of rotatable bonds is 4. The highest BCUT2D eigenvalue weighted by Gasteiger charge is 2.18. The summed E-state index contributed by atoms with van der Waals surface area (Å²) >= 11 is 17.9. The lowest BCUT2D eigenvalue weighted by Gasteiger charge is -2.20. The van der Waals surface area contributed by atoms with Crippen molar-refractivity contribution < 1.29 is 9.53 Å². The highest BCUT2D eigenvalue weighted by Crippen LogP contribution is 2.32. The van der Waals surface area contributed by atoms with Crippen LogP contribution in [0.15, 0.2) is 36.4 Å². The van der Waals surface area contributed by atoms with Crippen molar-refractivity contribution in [1.82, 2.24) is 0 Å². The fourth-order valence-electron chi connectivity index (χ4n) is 2.14. The van der Waals surface area contributed by atoms with Gasteiger partial charge in [-0.2, -0.15) is 0 Å². The molecule has 0 saturated carbocycles. The zero-order chi connectivity index (χ0) is 18.8. The van der Waals surface area contributed by atoms with E-state index < -0.39 is 6.10 Å². The third kappa shape index (κ3) is 5.27. The molecule has 0 radical (unpaired) electrons. The molecule has 0 bridgehead atoms. The van der Waals surface area contributed by atoms with Crippen molar-refractivity contribution in [3.8, 4) is 5.75 Å². The van der Waals surface area contributed by atoms with Crippen LogP contribution >= 0.6 is 34.8 Å². The maximum absolute atomic E-state index is 12.3. The zero-order valence-electron chi connectivity index (χ0n) is 14.5. The van der Waals surface area contributed by atoms with Crippen LogP contribution in [0.5, 0.6) is 5.75 Å². The molecule has 0 aromatic heterocycles. The molecule has 2 rings (SSSR count). The third-order valence-corrected chi connectivity index (χ3v) is 4.71. The van der Waals surface area contributed by atoms with Gasteiger partial charge < -0.3 is 10.1 Å². The molecule has 1 amide bonds. The van der Waals surface area contributed by atoms with Gasteiger partial charge in [0.15, 0.2) is 6.10 Å². The number of hydrogen-bond donors (Lipinski definition) is 1. The van der Waals surface area contributed by atoms with E-state index in [4.69, 9.17) is 39.5 Å². The smallest absolute Gasteiger partial charge is 0.265 e. The Morgan fingerprint density at radius 1 is 1.00 bits per heavy atom. The number of benzene rings is 2. The molecule has 2 aromatic carbocycles. The van der Waals surface area contributed by atoms with E-state index in [2.05, 4.69) is 26.1 Å². The van der Waals surface area contributed by atoms with E-state index in [0.717, 1.165) is 0 Å². The second kappa shape index (κ2) is 7.86. The molecule has 0 saturated heterocycles. The Kier molecular flexibility index (Phi) is 6.26. The van der Waals surface area contributed by atoms with Crippen molar-refractivity contribution in [3.63, 3.8) is 0 Å². The monoisotopic (exact) mass is 399 g/mol. The first-order valence-electron chi connectivity index (χ1n) is 7.80. The maximum Gasteiger partial charge on any atom is 0.265 e. The molecule has 3 nitrogen and oxygen atoms in total. The largest absolute Gasteiger partial charge is 0.481 e. The van der Waals surface area contributed by atoms with Crippen molar-refractivity contribution in [2.45, 2.75) is 39.2 Å². The van der Waals surface area contributed by atoms with Crippen LogP contribution in [-0.4, -0.2) is 12.0 Å². The molecular formula is C19H20Cl3NO2. The number of hydrogen-bond acceptors (Lipinski definition) is 2. The molecule has 0 aliphatic carbocycles. The molecule has 25 heavy (non-hydrogen) atoms. The minimum absolute atomic E-state index is 0.0616. The van der Waals surface area contributed by atoms with Gasteiger partial charge >= 0.3 is 0 Å². The van der Waals surface area contributed by atoms with E-state index in [1.54, 1.807) is 6.92 Å². The van der Waals surface area contributed by atoms with E-state index in [1.807, 2.05) is 24.3 Å². The first-order valence-corrected chi connectivity index (χ1v) is 8.94. The lowest BCUT2D eigenvalue weighted by Crippen LogP contribution is -2.30. The van der Waals surface area contributed by atoms with Crippen molar-refractivity contribution >= 4 is 46.4 Å². The first-order chi connectivity index (χ1) is 11.6. The van der Waals surface area contributed by atoms with Crippen molar-refractivity contribution in [3.05, 3.63) is 57.0 Å². The summed E-state index contributed by atoms with van der Waals surface area (Å²) in [6.07, 6.45) is -0.703. The number of carbonyl (C=O) groups is 1. The fraction of sp³-hybridized carbons (Fsp3) is 0.316. The van der Waals surface area contributed by atoms with Gasteiger partial charge in [-0.1, -0.05) is 67.7 Å².